The van der Waals surface area contributed by atoms with E-state index in [0.29, 0.717) is 6.42 Å². The van der Waals surface area contributed by atoms with Crippen molar-refractivity contribution in [1.29, 1.82) is 0 Å². The van der Waals surface area contributed by atoms with Gasteiger partial charge in [-0.1, -0.05) is 20.8 Å². The van der Waals surface area contributed by atoms with Crippen molar-refractivity contribution in [3.63, 3.8) is 0 Å². The van der Waals surface area contributed by atoms with Gasteiger partial charge in [0.05, 0.1) is 0 Å². The fourth-order valence-electron chi connectivity index (χ4n) is 3.00. The molecule has 1 N–H and O–H groups in total. The molecule has 0 amide bonds. The number of halogens is 5. The molecule has 112 valence electrons. The zero-order chi connectivity index (χ0) is 15.2. The van der Waals surface area contributed by atoms with E-state index in [1.165, 1.54) is 0 Å². The normalized spacial score (nSPS) is 25.0. The van der Waals surface area contributed by atoms with E-state index in [9.17, 15) is 22.0 Å². The van der Waals surface area contributed by atoms with Crippen LogP contribution in [0.25, 0.3) is 0 Å². The maximum absolute atomic E-state index is 13.6. The van der Waals surface area contributed by atoms with Crippen LogP contribution in [0.15, 0.2) is 0 Å². The molecule has 2 rings (SSSR count). The summed E-state index contributed by atoms with van der Waals surface area (Å²) >= 11 is 0. The molecule has 1 aromatic rings. The highest BCUT2D eigenvalue weighted by Gasteiger charge is 2.38. The molecule has 20 heavy (non-hydrogen) atoms. The average molecular weight is 293 g/mol. The fourth-order valence-corrected chi connectivity index (χ4v) is 3.00. The zero-order valence-corrected chi connectivity index (χ0v) is 11.5. The highest BCUT2D eigenvalue weighted by Crippen LogP contribution is 2.42. The van der Waals surface area contributed by atoms with Gasteiger partial charge in [0.2, 0.25) is 5.82 Å². The van der Waals surface area contributed by atoms with Crippen LogP contribution in [0, 0.1) is 40.4 Å². The summed E-state index contributed by atoms with van der Waals surface area (Å²) < 4.78 is 66.4. The molecule has 0 aromatic heterocycles. The van der Waals surface area contributed by atoms with Crippen LogP contribution in [0.4, 0.5) is 27.6 Å². The van der Waals surface area contributed by atoms with Gasteiger partial charge >= 0.3 is 0 Å². The molecule has 0 aliphatic heterocycles. The second-order valence-corrected chi connectivity index (χ2v) is 6.25. The molecule has 6 heteroatoms. The molecule has 1 saturated carbocycles. The van der Waals surface area contributed by atoms with Gasteiger partial charge in [0.1, 0.15) is 5.69 Å². The molecule has 2 unspecified atom stereocenters. The minimum absolute atomic E-state index is 0.0266. The largest absolute Gasteiger partial charge is 0.377 e. The van der Waals surface area contributed by atoms with Gasteiger partial charge in [-0.15, -0.1) is 0 Å². The van der Waals surface area contributed by atoms with E-state index < -0.39 is 34.8 Å². The van der Waals surface area contributed by atoms with Crippen LogP contribution in [-0.2, 0) is 0 Å². The van der Waals surface area contributed by atoms with E-state index >= 15 is 0 Å². The predicted molar refractivity (Wildman–Crippen MR) is 65.8 cm³/mol. The first-order valence-electron chi connectivity index (χ1n) is 6.42. The van der Waals surface area contributed by atoms with E-state index in [1.807, 2.05) is 20.8 Å². The number of hydrogen-bond donors (Lipinski definition) is 1. The Bertz CT molecular complexity index is 512. The molecule has 1 fully saturated rings. The van der Waals surface area contributed by atoms with Gasteiger partial charge in [0.25, 0.3) is 0 Å². The van der Waals surface area contributed by atoms with Gasteiger partial charge in [-0.05, 0) is 24.2 Å². The van der Waals surface area contributed by atoms with Crippen LogP contribution in [0.2, 0.25) is 0 Å². The summed E-state index contributed by atoms with van der Waals surface area (Å²) in [5.41, 5.74) is -0.961. The Labute approximate surface area is 114 Å². The summed E-state index contributed by atoms with van der Waals surface area (Å²) in [4.78, 5) is 0. The lowest BCUT2D eigenvalue weighted by Gasteiger charge is -2.21. The Kier molecular flexibility index (Phi) is 3.69. The molecule has 1 aliphatic carbocycles. The predicted octanol–water partition coefficient (Wildman–Crippen LogP) is 4.62. The zero-order valence-electron chi connectivity index (χ0n) is 11.5. The summed E-state index contributed by atoms with van der Waals surface area (Å²) in [5, 5.41) is 2.50. The van der Waals surface area contributed by atoms with Crippen LogP contribution in [-0.4, -0.2) is 6.04 Å². The summed E-state index contributed by atoms with van der Waals surface area (Å²) in [6.45, 7) is 5.89. The molecule has 0 heterocycles. The maximum Gasteiger partial charge on any atom is 0.200 e. The Balaban J connectivity index is 2.36. The molecule has 0 bridgehead atoms. The summed E-state index contributed by atoms with van der Waals surface area (Å²) in [5.74, 6) is -9.51. The molecule has 0 radical (unpaired) electrons. The van der Waals surface area contributed by atoms with Gasteiger partial charge in [-0.2, -0.15) is 0 Å². The second kappa shape index (κ2) is 4.90. The lowest BCUT2D eigenvalue weighted by atomic mass is 9.91. The lowest BCUT2D eigenvalue weighted by molar-refractivity contribution is 0.365. The first-order chi connectivity index (χ1) is 9.14. The van der Waals surface area contributed by atoms with E-state index in [1.54, 1.807) is 0 Å². The summed E-state index contributed by atoms with van der Waals surface area (Å²) in [6.07, 6.45) is 1.42. The van der Waals surface area contributed by atoms with E-state index in [2.05, 4.69) is 5.32 Å². The molecular formula is C14H16F5N. The van der Waals surface area contributed by atoms with Crippen LogP contribution in [0.1, 0.15) is 33.6 Å². The van der Waals surface area contributed by atoms with Crippen molar-refractivity contribution in [2.45, 2.75) is 39.7 Å². The van der Waals surface area contributed by atoms with Crippen molar-refractivity contribution in [3.05, 3.63) is 29.1 Å². The minimum atomic E-state index is -2.13. The first kappa shape index (κ1) is 15.1. The van der Waals surface area contributed by atoms with E-state index in [0.717, 1.165) is 6.42 Å². The van der Waals surface area contributed by atoms with E-state index in [4.69, 9.17) is 0 Å². The maximum atomic E-state index is 13.6. The monoisotopic (exact) mass is 293 g/mol. The van der Waals surface area contributed by atoms with Crippen LogP contribution >= 0.6 is 0 Å². The molecule has 1 nitrogen and oxygen atoms in total. The lowest BCUT2D eigenvalue weighted by Crippen LogP contribution is -2.25. The van der Waals surface area contributed by atoms with Gasteiger partial charge < -0.3 is 5.32 Å². The Hall–Kier alpha value is -1.33. The second-order valence-electron chi connectivity index (χ2n) is 6.25. The minimum Gasteiger partial charge on any atom is -0.377 e. The highest BCUT2D eigenvalue weighted by atomic mass is 19.2. The van der Waals surface area contributed by atoms with Crippen molar-refractivity contribution in [2.75, 3.05) is 5.32 Å². The molecule has 0 saturated heterocycles. The fraction of sp³-hybridized carbons (Fsp3) is 0.571. The number of anilines is 1. The average Bonchev–Trinajstić information content (AvgIpc) is 2.62. The van der Waals surface area contributed by atoms with Crippen LogP contribution in [0.5, 0.6) is 0 Å². The van der Waals surface area contributed by atoms with Crippen LogP contribution in [0.3, 0.4) is 0 Å². The highest BCUT2D eigenvalue weighted by molar-refractivity contribution is 5.49. The standard InChI is InChI=1S/C14H16F5N/c1-6-4-14(2,3)5-7(6)20-13-11(18)9(16)8(15)10(17)12(13)19/h6-7,20H,4-5H2,1-3H3. The summed E-state index contributed by atoms with van der Waals surface area (Å²) in [6, 6.07) is -0.321. The molecular weight excluding hydrogens is 277 g/mol. The Morgan fingerprint density at radius 2 is 1.30 bits per heavy atom. The third-order valence-electron chi connectivity index (χ3n) is 3.87. The molecule has 2 atom stereocenters. The van der Waals surface area contributed by atoms with Crippen molar-refractivity contribution >= 4 is 5.69 Å². The Morgan fingerprint density at radius 3 is 1.70 bits per heavy atom. The number of rotatable bonds is 2. The number of nitrogens with one attached hydrogen (secondary N) is 1. The molecule has 0 spiro atoms. The number of hydrogen-bond acceptors (Lipinski definition) is 1. The third-order valence-corrected chi connectivity index (χ3v) is 3.87. The smallest absolute Gasteiger partial charge is 0.200 e. The van der Waals surface area contributed by atoms with Crippen molar-refractivity contribution in [3.8, 4) is 0 Å². The van der Waals surface area contributed by atoms with Gasteiger partial charge in [0.15, 0.2) is 23.3 Å². The third kappa shape index (κ3) is 2.47. The van der Waals surface area contributed by atoms with Crippen molar-refractivity contribution in [1.82, 2.24) is 0 Å². The number of benzene rings is 1. The van der Waals surface area contributed by atoms with Gasteiger partial charge in [0, 0.05) is 6.04 Å². The van der Waals surface area contributed by atoms with Crippen molar-refractivity contribution in [2.24, 2.45) is 11.3 Å². The van der Waals surface area contributed by atoms with Crippen molar-refractivity contribution < 1.29 is 22.0 Å². The Morgan fingerprint density at radius 1 is 0.850 bits per heavy atom. The van der Waals surface area contributed by atoms with Gasteiger partial charge in [-0.3, -0.25) is 0 Å². The first-order valence-corrected chi connectivity index (χ1v) is 6.42. The molecule has 1 aliphatic rings. The SMILES string of the molecule is CC1CC(C)(C)CC1Nc1c(F)c(F)c(F)c(F)c1F. The molecule has 1 aromatic carbocycles. The van der Waals surface area contributed by atoms with Crippen LogP contribution < -0.4 is 5.32 Å². The quantitative estimate of drug-likeness (QED) is 0.476. The summed E-state index contributed by atoms with van der Waals surface area (Å²) in [7, 11) is 0. The topological polar surface area (TPSA) is 12.0 Å². The van der Waals surface area contributed by atoms with Gasteiger partial charge in [-0.25, -0.2) is 22.0 Å². The van der Waals surface area contributed by atoms with E-state index in [-0.39, 0.29) is 17.4 Å².